The number of hydrogen-bond acceptors (Lipinski definition) is 4. The number of nitrogens with two attached hydrogens (primary N) is 2. The van der Waals surface area contributed by atoms with Crippen LogP contribution in [-0.2, 0) is 9.59 Å². The van der Waals surface area contributed by atoms with Crippen molar-refractivity contribution in [3.05, 3.63) is 0 Å². The van der Waals surface area contributed by atoms with Crippen molar-refractivity contribution in [2.24, 2.45) is 22.5 Å². The van der Waals surface area contributed by atoms with E-state index < -0.39 is 11.8 Å². The largest absolute Gasteiger partial charge is 0.409 e. The first kappa shape index (κ1) is 15.2. The molecular weight excluding hydrogens is 224 g/mol. The lowest BCUT2D eigenvalue weighted by Crippen LogP contribution is -2.48. The van der Waals surface area contributed by atoms with E-state index in [1.54, 1.807) is 20.8 Å². The van der Waals surface area contributed by atoms with Crippen LogP contribution in [0.3, 0.4) is 0 Å². The molecule has 1 atom stereocenters. The summed E-state index contributed by atoms with van der Waals surface area (Å²) in [6, 6.07) is -0.185. The van der Waals surface area contributed by atoms with Gasteiger partial charge in [-0.1, -0.05) is 12.1 Å². The highest BCUT2D eigenvalue weighted by atomic mass is 16.4. The minimum Gasteiger partial charge on any atom is -0.409 e. The SMILES string of the molecule is CCC(C(=O)N(CC(N)=O)C(C)C)/C(N)=N\O. The van der Waals surface area contributed by atoms with Gasteiger partial charge in [0, 0.05) is 6.04 Å². The topological polar surface area (TPSA) is 122 Å². The second-order valence-corrected chi connectivity index (χ2v) is 4.01. The van der Waals surface area contributed by atoms with Crippen LogP contribution in [0.5, 0.6) is 0 Å². The Hall–Kier alpha value is -1.79. The lowest BCUT2D eigenvalue weighted by Gasteiger charge is -2.28. The summed E-state index contributed by atoms with van der Waals surface area (Å²) in [4.78, 5) is 24.3. The highest BCUT2D eigenvalue weighted by molar-refractivity contribution is 6.02. The summed E-state index contributed by atoms with van der Waals surface area (Å²) in [6.45, 7) is 5.09. The van der Waals surface area contributed by atoms with Crippen molar-refractivity contribution in [3.63, 3.8) is 0 Å². The average molecular weight is 244 g/mol. The maximum Gasteiger partial charge on any atom is 0.237 e. The number of amides is 2. The van der Waals surface area contributed by atoms with Crippen LogP contribution < -0.4 is 11.5 Å². The Morgan fingerprint density at radius 3 is 2.18 bits per heavy atom. The number of rotatable bonds is 6. The third-order valence-corrected chi connectivity index (χ3v) is 2.41. The minimum atomic E-state index is -0.734. The molecule has 0 saturated heterocycles. The summed E-state index contributed by atoms with van der Waals surface area (Å²) in [6.07, 6.45) is 0.386. The zero-order valence-corrected chi connectivity index (χ0v) is 10.4. The first-order valence-corrected chi connectivity index (χ1v) is 5.41. The van der Waals surface area contributed by atoms with Crippen molar-refractivity contribution in [2.45, 2.75) is 33.2 Å². The number of carbonyl (C=O) groups is 2. The first-order chi connectivity index (χ1) is 7.84. The van der Waals surface area contributed by atoms with E-state index in [1.165, 1.54) is 4.90 Å². The predicted molar refractivity (Wildman–Crippen MR) is 63.2 cm³/mol. The second kappa shape index (κ2) is 6.72. The molecule has 0 rings (SSSR count). The molecule has 0 fully saturated rings. The van der Waals surface area contributed by atoms with Crippen molar-refractivity contribution in [2.75, 3.05) is 6.54 Å². The molecule has 2 amide bonds. The summed E-state index contributed by atoms with van der Waals surface area (Å²) in [5.74, 6) is -1.85. The van der Waals surface area contributed by atoms with Crippen LogP contribution in [0.25, 0.3) is 0 Å². The molecule has 0 bridgehead atoms. The maximum absolute atomic E-state index is 12.1. The molecule has 0 aliphatic carbocycles. The fourth-order valence-corrected chi connectivity index (χ4v) is 1.46. The van der Waals surface area contributed by atoms with E-state index in [0.717, 1.165) is 0 Å². The van der Waals surface area contributed by atoms with Gasteiger partial charge in [0.2, 0.25) is 11.8 Å². The van der Waals surface area contributed by atoms with Gasteiger partial charge in [-0.05, 0) is 20.3 Å². The van der Waals surface area contributed by atoms with Crippen LogP contribution in [0.2, 0.25) is 0 Å². The number of carbonyl (C=O) groups excluding carboxylic acids is 2. The van der Waals surface area contributed by atoms with Crippen molar-refractivity contribution >= 4 is 17.6 Å². The van der Waals surface area contributed by atoms with Crippen molar-refractivity contribution < 1.29 is 14.8 Å². The molecule has 0 saturated carbocycles. The molecule has 98 valence electrons. The fraction of sp³-hybridized carbons (Fsp3) is 0.700. The van der Waals surface area contributed by atoms with E-state index >= 15 is 0 Å². The van der Waals surface area contributed by atoms with Gasteiger partial charge in [0.15, 0.2) is 5.84 Å². The van der Waals surface area contributed by atoms with Gasteiger partial charge < -0.3 is 21.6 Å². The highest BCUT2D eigenvalue weighted by Gasteiger charge is 2.28. The minimum absolute atomic E-state index is 0.160. The number of hydrogen-bond donors (Lipinski definition) is 3. The normalized spacial score (nSPS) is 13.5. The summed E-state index contributed by atoms with van der Waals surface area (Å²) in [5.41, 5.74) is 10.5. The van der Waals surface area contributed by atoms with Crippen molar-refractivity contribution in [3.8, 4) is 0 Å². The molecule has 0 aliphatic rings. The van der Waals surface area contributed by atoms with Gasteiger partial charge in [-0.3, -0.25) is 9.59 Å². The lowest BCUT2D eigenvalue weighted by atomic mass is 10.0. The van der Waals surface area contributed by atoms with Crippen LogP contribution in [-0.4, -0.2) is 40.3 Å². The monoisotopic (exact) mass is 244 g/mol. The molecule has 7 heteroatoms. The van der Waals surface area contributed by atoms with Crippen molar-refractivity contribution in [1.29, 1.82) is 0 Å². The van der Waals surface area contributed by atoms with Gasteiger partial charge in [0.05, 0.1) is 12.5 Å². The van der Waals surface area contributed by atoms with E-state index in [1.807, 2.05) is 0 Å². The van der Waals surface area contributed by atoms with E-state index in [9.17, 15) is 9.59 Å². The Balaban J connectivity index is 4.98. The molecule has 17 heavy (non-hydrogen) atoms. The number of amidine groups is 1. The first-order valence-electron chi connectivity index (χ1n) is 5.41. The second-order valence-electron chi connectivity index (χ2n) is 4.01. The molecular formula is C10H20N4O3. The molecule has 7 nitrogen and oxygen atoms in total. The summed E-state index contributed by atoms with van der Waals surface area (Å²) in [5, 5.41) is 11.4. The molecule has 0 radical (unpaired) electrons. The Morgan fingerprint density at radius 1 is 1.35 bits per heavy atom. The van der Waals surface area contributed by atoms with E-state index in [0.29, 0.717) is 6.42 Å². The van der Waals surface area contributed by atoms with Gasteiger partial charge in [-0.25, -0.2) is 0 Å². The summed E-state index contributed by atoms with van der Waals surface area (Å²) in [7, 11) is 0. The van der Waals surface area contributed by atoms with Gasteiger partial charge in [-0.2, -0.15) is 0 Å². The molecule has 0 aromatic carbocycles. The zero-order valence-electron chi connectivity index (χ0n) is 10.4. The van der Waals surface area contributed by atoms with Crippen LogP contribution in [0, 0.1) is 5.92 Å². The number of oxime groups is 1. The highest BCUT2D eigenvalue weighted by Crippen LogP contribution is 2.11. The third kappa shape index (κ3) is 4.29. The lowest BCUT2D eigenvalue weighted by molar-refractivity contribution is -0.138. The van der Waals surface area contributed by atoms with Gasteiger partial charge in [0.1, 0.15) is 0 Å². The van der Waals surface area contributed by atoms with E-state index in [4.69, 9.17) is 16.7 Å². The zero-order chi connectivity index (χ0) is 13.6. The average Bonchev–Trinajstić information content (AvgIpc) is 2.25. The van der Waals surface area contributed by atoms with Crippen LogP contribution in [0.1, 0.15) is 27.2 Å². The van der Waals surface area contributed by atoms with Gasteiger partial charge in [-0.15, -0.1) is 0 Å². The summed E-state index contributed by atoms with van der Waals surface area (Å²) < 4.78 is 0. The van der Waals surface area contributed by atoms with Gasteiger partial charge >= 0.3 is 0 Å². The number of primary amides is 1. The Kier molecular flexibility index (Phi) is 6.01. The van der Waals surface area contributed by atoms with E-state index in [-0.39, 0.29) is 24.3 Å². The molecule has 0 spiro atoms. The third-order valence-electron chi connectivity index (χ3n) is 2.41. The molecule has 5 N–H and O–H groups in total. The molecule has 1 unspecified atom stereocenters. The van der Waals surface area contributed by atoms with Gasteiger partial charge in [0.25, 0.3) is 0 Å². The molecule has 0 aromatic heterocycles. The molecule has 0 aromatic rings. The quantitative estimate of drug-likeness (QED) is 0.252. The standard InChI is InChI=1S/C10H20N4O3/c1-4-7(9(12)13-17)10(16)14(6(2)3)5-8(11)15/h6-7,17H,4-5H2,1-3H3,(H2,11,15)(H2,12,13). The number of nitrogens with zero attached hydrogens (tertiary/aromatic N) is 2. The Morgan fingerprint density at radius 2 is 1.88 bits per heavy atom. The van der Waals surface area contributed by atoms with Crippen LogP contribution in [0.4, 0.5) is 0 Å². The maximum atomic E-state index is 12.1. The smallest absolute Gasteiger partial charge is 0.237 e. The van der Waals surface area contributed by atoms with Crippen LogP contribution >= 0.6 is 0 Å². The Labute approximate surface area is 100 Å². The molecule has 0 heterocycles. The predicted octanol–water partition coefficient (Wildman–Crippen LogP) is -0.519. The fourth-order valence-electron chi connectivity index (χ4n) is 1.46. The Bertz CT molecular complexity index is 315. The summed E-state index contributed by atoms with van der Waals surface area (Å²) >= 11 is 0. The van der Waals surface area contributed by atoms with Crippen LogP contribution in [0.15, 0.2) is 5.16 Å². The molecule has 0 aliphatic heterocycles. The van der Waals surface area contributed by atoms with Crippen molar-refractivity contribution in [1.82, 2.24) is 4.90 Å². The van der Waals surface area contributed by atoms with E-state index in [2.05, 4.69) is 5.16 Å².